The first-order valence-electron chi connectivity index (χ1n) is 3.22. The van der Waals surface area contributed by atoms with Gasteiger partial charge < -0.3 is 19.8 Å². The number of hydrogen-bond donors (Lipinski definition) is 3. The number of phenolic OH excluding ortho intramolecular Hbond substituents is 1. The first kappa shape index (κ1) is 10.1. The predicted octanol–water partition coefficient (Wildman–Crippen LogP) is 0.533. The Morgan fingerprint density at radius 2 is 2.00 bits per heavy atom. The molecule has 1 aromatic carbocycles. The van der Waals surface area contributed by atoms with Crippen LogP contribution in [0.3, 0.4) is 0 Å². The van der Waals surface area contributed by atoms with Crippen molar-refractivity contribution in [1.82, 2.24) is 0 Å². The van der Waals surface area contributed by atoms with Crippen LogP contribution in [0.1, 0.15) is 0 Å². The summed E-state index contributed by atoms with van der Waals surface area (Å²) < 4.78 is 17.1. The average Bonchev–Trinajstić information content (AvgIpc) is 2.05. The Bertz CT molecular complexity index is 320. The normalized spacial score (nSPS) is 9.85. The highest BCUT2D eigenvalue weighted by Crippen LogP contribution is 2.33. The maximum absolute atomic E-state index is 13.0. The van der Waals surface area contributed by atoms with Crippen LogP contribution < -0.4 is 4.65 Å². The fourth-order valence-corrected chi connectivity index (χ4v) is 0.888. The lowest BCUT2D eigenvalue weighted by molar-refractivity contribution is 0.274. The van der Waals surface area contributed by atoms with E-state index >= 15 is 0 Å². The lowest BCUT2D eigenvalue weighted by atomic mass is 10.2. The molecule has 0 unspecified atom stereocenters. The smallest absolute Gasteiger partial charge is 0.507 e. The maximum Gasteiger partial charge on any atom is 0.707 e. The molecule has 0 atom stereocenters. The topological polar surface area (TPSA) is 69.9 Å². The number of phenols is 1. The Morgan fingerprint density at radius 1 is 1.38 bits per heavy atom. The van der Waals surface area contributed by atoms with E-state index in [2.05, 4.69) is 4.65 Å². The molecular formula is C6H5BClFO4. The summed E-state index contributed by atoms with van der Waals surface area (Å²) in [6.45, 7) is 0. The summed E-state index contributed by atoms with van der Waals surface area (Å²) in [6.07, 6.45) is 0. The average molecular weight is 206 g/mol. The second kappa shape index (κ2) is 3.82. The molecule has 1 rings (SSSR count). The van der Waals surface area contributed by atoms with Gasteiger partial charge in [0, 0.05) is 0 Å². The third kappa shape index (κ3) is 2.24. The summed E-state index contributed by atoms with van der Waals surface area (Å²) in [4.78, 5) is 0. The van der Waals surface area contributed by atoms with E-state index in [9.17, 15) is 4.39 Å². The van der Waals surface area contributed by atoms with Crippen molar-refractivity contribution < 1.29 is 24.2 Å². The second-order valence-corrected chi connectivity index (χ2v) is 2.56. The summed E-state index contributed by atoms with van der Waals surface area (Å²) in [6, 6.07) is 2.19. The van der Waals surface area contributed by atoms with Crippen LogP contribution in [-0.2, 0) is 0 Å². The van der Waals surface area contributed by atoms with Crippen LogP contribution in [0.15, 0.2) is 12.1 Å². The molecule has 0 radical (unpaired) electrons. The van der Waals surface area contributed by atoms with Crippen LogP contribution in [0.2, 0.25) is 5.02 Å². The first-order valence-corrected chi connectivity index (χ1v) is 3.60. The Morgan fingerprint density at radius 3 is 2.54 bits per heavy atom. The van der Waals surface area contributed by atoms with E-state index in [0.29, 0.717) is 0 Å². The van der Waals surface area contributed by atoms with Crippen molar-refractivity contribution in [2.75, 3.05) is 0 Å². The largest absolute Gasteiger partial charge is 0.707 e. The Labute approximate surface area is 78.3 Å². The molecule has 0 spiro atoms. The Hall–Kier alpha value is -0.975. The van der Waals surface area contributed by atoms with Crippen molar-refractivity contribution in [1.29, 1.82) is 0 Å². The van der Waals surface area contributed by atoms with Gasteiger partial charge in [-0.25, -0.2) is 4.39 Å². The van der Waals surface area contributed by atoms with Gasteiger partial charge in [0.05, 0.1) is 5.02 Å². The van der Waals surface area contributed by atoms with Crippen LogP contribution in [0.25, 0.3) is 0 Å². The first-order chi connectivity index (χ1) is 6.02. The van der Waals surface area contributed by atoms with Crippen LogP contribution in [0, 0.1) is 5.82 Å². The quantitative estimate of drug-likeness (QED) is 0.618. The third-order valence-electron chi connectivity index (χ3n) is 1.25. The molecular weight excluding hydrogens is 201 g/mol. The lowest BCUT2D eigenvalue weighted by Crippen LogP contribution is -2.21. The molecule has 7 heteroatoms. The summed E-state index contributed by atoms with van der Waals surface area (Å²) in [5.41, 5.74) is 0. The van der Waals surface area contributed by atoms with Gasteiger partial charge in [-0.05, 0) is 12.1 Å². The molecule has 1 aromatic rings. The number of aromatic hydroxyl groups is 1. The lowest BCUT2D eigenvalue weighted by Gasteiger charge is -2.08. The fraction of sp³-hybridized carbons (Fsp3) is 0. The number of rotatable bonds is 2. The third-order valence-corrected chi connectivity index (χ3v) is 1.54. The summed E-state index contributed by atoms with van der Waals surface area (Å²) in [7, 11) is -2.21. The van der Waals surface area contributed by atoms with E-state index in [1.54, 1.807) is 0 Å². The van der Waals surface area contributed by atoms with Gasteiger partial charge in [-0.3, -0.25) is 0 Å². The van der Waals surface area contributed by atoms with E-state index in [1.165, 1.54) is 0 Å². The highest BCUT2D eigenvalue weighted by atomic mass is 35.5. The van der Waals surface area contributed by atoms with Gasteiger partial charge >= 0.3 is 7.32 Å². The molecule has 0 heterocycles. The summed E-state index contributed by atoms with van der Waals surface area (Å²) in [5.74, 6) is -2.30. The molecule has 0 aliphatic heterocycles. The van der Waals surface area contributed by atoms with E-state index in [-0.39, 0.29) is 5.02 Å². The molecule has 0 aliphatic carbocycles. The van der Waals surface area contributed by atoms with Crippen molar-refractivity contribution >= 4 is 18.9 Å². The molecule has 70 valence electrons. The monoisotopic (exact) mass is 206 g/mol. The van der Waals surface area contributed by atoms with E-state index in [1.807, 2.05) is 0 Å². The van der Waals surface area contributed by atoms with Gasteiger partial charge in [0.2, 0.25) is 0 Å². The maximum atomic E-state index is 13.0. The molecule has 4 nitrogen and oxygen atoms in total. The molecule has 0 aromatic heterocycles. The van der Waals surface area contributed by atoms with Gasteiger partial charge in [0.15, 0.2) is 17.3 Å². The SMILES string of the molecule is OB(O)Oc1c(O)ccc(Cl)c1F. The fourth-order valence-electron chi connectivity index (χ4n) is 0.739. The number of hydrogen-bond acceptors (Lipinski definition) is 4. The minimum atomic E-state index is -2.21. The van der Waals surface area contributed by atoms with Crippen LogP contribution in [0.5, 0.6) is 11.5 Å². The van der Waals surface area contributed by atoms with Crippen molar-refractivity contribution in [2.24, 2.45) is 0 Å². The summed E-state index contributed by atoms with van der Waals surface area (Å²) in [5, 5.41) is 25.5. The van der Waals surface area contributed by atoms with Crippen LogP contribution in [0.4, 0.5) is 4.39 Å². The van der Waals surface area contributed by atoms with Gasteiger partial charge in [0.25, 0.3) is 0 Å². The molecule has 0 fully saturated rings. The van der Waals surface area contributed by atoms with Crippen LogP contribution >= 0.6 is 11.6 Å². The van der Waals surface area contributed by atoms with Gasteiger partial charge in [0.1, 0.15) is 0 Å². The zero-order chi connectivity index (χ0) is 10.0. The molecule has 0 bridgehead atoms. The van der Waals surface area contributed by atoms with Crippen molar-refractivity contribution in [3.63, 3.8) is 0 Å². The van der Waals surface area contributed by atoms with E-state index in [0.717, 1.165) is 12.1 Å². The molecule has 0 amide bonds. The van der Waals surface area contributed by atoms with Crippen molar-refractivity contribution in [2.45, 2.75) is 0 Å². The van der Waals surface area contributed by atoms with Crippen molar-refractivity contribution in [3.8, 4) is 11.5 Å². The Kier molecular flexibility index (Phi) is 2.97. The standard InChI is InChI=1S/C6H5BClFO4/c8-3-1-2-4(10)6(5(3)9)13-7(11)12/h1-2,10-12H. The summed E-state index contributed by atoms with van der Waals surface area (Å²) >= 11 is 5.34. The highest BCUT2D eigenvalue weighted by molar-refractivity contribution is 6.34. The molecule has 0 saturated heterocycles. The number of benzene rings is 1. The molecule has 0 aliphatic rings. The van der Waals surface area contributed by atoms with E-state index < -0.39 is 24.6 Å². The van der Waals surface area contributed by atoms with Gasteiger partial charge in [-0.2, -0.15) is 0 Å². The molecule has 0 saturated carbocycles. The Balaban J connectivity index is 3.10. The zero-order valence-corrected chi connectivity index (χ0v) is 6.99. The highest BCUT2D eigenvalue weighted by Gasteiger charge is 2.19. The predicted molar refractivity (Wildman–Crippen MR) is 43.9 cm³/mol. The van der Waals surface area contributed by atoms with Crippen molar-refractivity contribution in [3.05, 3.63) is 23.0 Å². The number of halogens is 2. The zero-order valence-electron chi connectivity index (χ0n) is 6.24. The van der Waals surface area contributed by atoms with Gasteiger partial charge in [-0.15, -0.1) is 0 Å². The molecule has 3 N–H and O–H groups in total. The van der Waals surface area contributed by atoms with E-state index in [4.69, 9.17) is 26.8 Å². The second-order valence-electron chi connectivity index (χ2n) is 2.15. The minimum absolute atomic E-state index is 0.284. The molecule has 13 heavy (non-hydrogen) atoms. The minimum Gasteiger partial charge on any atom is -0.507 e. The van der Waals surface area contributed by atoms with Crippen LogP contribution in [-0.4, -0.2) is 22.5 Å². The van der Waals surface area contributed by atoms with Gasteiger partial charge in [-0.1, -0.05) is 11.6 Å².